The van der Waals surface area contributed by atoms with Gasteiger partial charge in [0.25, 0.3) is 0 Å². The van der Waals surface area contributed by atoms with Crippen molar-refractivity contribution in [1.29, 1.82) is 0 Å². The van der Waals surface area contributed by atoms with Crippen LogP contribution in [0.25, 0.3) is 0 Å². The van der Waals surface area contributed by atoms with Crippen LogP contribution >= 0.6 is 11.6 Å². The predicted octanol–water partition coefficient (Wildman–Crippen LogP) is 4.38. The Morgan fingerprint density at radius 2 is 1.75 bits per heavy atom. The Kier molecular flexibility index (Phi) is 4.39. The monoisotopic (exact) mass is 301 g/mol. The zero-order valence-corrected chi connectivity index (χ0v) is 11.3. The van der Waals surface area contributed by atoms with E-state index < -0.39 is 17.5 Å². The van der Waals surface area contributed by atoms with Crippen LogP contribution in [0.3, 0.4) is 0 Å². The fourth-order valence-corrected chi connectivity index (χ4v) is 2.00. The molecule has 0 saturated heterocycles. The van der Waals surface area contributed by atoms with Crippen molar-refractivity contribution in [3.8, 4) is 5.75 Å². The van der Waals surface area contributed by atoms with Gasteiger partial charge in [-0.05, 0) is 17.7 Å². The molecule has 106 valence electrons. The molecule has 2 nitrogen and oxygen atoms in total. The molecule has 0 amide bonds. The number of hydrogen-bond donors (Lipinski definition) is 1. The minimum Gasteiger partial charge on any atom is -0.495 e. The predicted molar refractivity (Wildman–Crippen MR) is 71.6 cm³/mol. The number of benzene rings is 2. The van der Waals surface area contributed by atoms with Crippen LogP contribution in [0.15, 0.2) is 30.3 Å². The van der Waals surface area contributed by atoms with Gasteiger partial charge in [0, 0.05) is 18.7 Å². The highest BCUT2D eigenvalue weighted by Gasteiger charge is 2.11. The van der Waals surface area contributed by atoms with Crippen LogP contribution in [0.4, 0.5) is 18.9 Å². The maximum absolute atomic E-state index is 13.4. The molecule has 0 aliphatic carbocycles. The number of ether oxygens (including phenoxy) is 1. The molecule has 2 aromatic carbocycles. The van der Waals surface area contributed by atoms with Gasteiger partial charge < -0.3 is 10.1 Å². The summed E-state index contributed by atoms with van der Waals surface area (Å²) in [5.41, 5.74) is 0.331. The number of halogens is 4. The smallest absolute Gasteiger partial charge is 0.152 e. The topological polar surface area (TPSA) is 21.3 Å². The van der Waals surface area contributed by atoms with E-state index >= 15 is 0 Å². The molecule has 0 unspecified atom stereocenters. The molecule has 0 spiro atoms. The van der Waals surface area contributed by atoms with Gasteiger partial charge in [0.15, 0.2) is 11.6 Å². The van der Waals surface area contributed by atoms with Crippen molar-refractivity contribution < 1.29 is 17.9 Å². The van der Waals surface area contributed by atoms with Gasteiger partial charge >= 0.3 is 0 Å². The quantitative estimate of drug-likeness (QED) is 0.905. The van der Waals surface area contributed by atoms with Crippen LogP contribution in [-0.4, -0.2) is 7.11 Å². The molecule has 1 N–H and O–H groups in total. The second kappa shape index (κ2) is 6.05. The van der Waals surface area contributed by atoms with Gasteiger partial charge in [-0.2, -0.15) is 0 Å². The van der Waals surface area contributed by atoms with Crippen molar-refractivity contribution in [1.82, 2.24) is 0 Å². The van der Waals surface area contributed by atoms with E-state index in [1.54, 1.807) is 18.2 Å². The van der Waals surface area contributed by atoms with Crippen LogP contribution in [0.1, 0.15) is 5.56 Å². The van der Waals surface area contributed by atoms with Crippen molar-refractivity contribution >= 4 is 17.3 Å². The lowest BCUT2D eigenvalue weighted by atomic mass is 10.2. The Bertz CT molecular complexity index is 611. The van der Waals surface area contributed by atoms with E-state index in [1.165, 1.54) is 7.11 Å². The first-order chi connectivity index (χ1) is 9.51. The Labute approximate surface area is 119 Å². The van der Waals surface area contributed by atoms with Gasteiger partial charge in [-0.3, -0.25) is 0 Å². The van der Waals surface area contributed by atoms with Gasteiger partial charge in [-0.25, -0.2) is 13.2 Å². The molecule has 0 aliphatic rings. The van der Waals surface area contributed by atoms with E-state index in [4.69, 9.17) is 16.3 Å². The van der Waals surface area contributed by atoms with E-state index in [9.17, 15) is 13.2 Å². The molecule has 0 fully saturated rings. The highest BCUT2D eigenvalue weighted by atomic mass is 35.5. The summed E-state index contributed by atoms with van der Waals surface area (Å²) in [5.74, 6) is -2.42. The zero-order valence-electron chi connectivity index (χ0n) is 10.5. The summed E-state index contributed by atoms with van der Waals surface area (Å²) in [4.78, 5) is 0. The number of anilines is 1. The van der Waals surface area contributed by atoms with E-state index in [-0.39, 0.29) is 12.2 Å². The summed E-state index contributed by atoms with van der Waals surface area (Å²) in [6, 6.07) is 6.21. The number of rotatable bonds is 4. The van der Waals surface area contributed by atoms with Gasteiger partial charge in [-0.15, -0.1) is 0 Å². The zero-order chi connectivity index (χ0) is 14.7. The standard InChI is InChI=1S/C14H11ClF3NO/c1-20-13-3-2-8(4-10(13)15)7-19-14-11(17)5-9(16)6-12(14)18/h2-6,19H,7H2,1H3. The third-order valence-electron chi connectivity index (χ3n) is 2.69. The van der Waals surface area contributed by atoms with E-state index in [0.29, 0.717) is 28.5 Å². The molecule has 20 heavy (non-hydrogen) atoms. The Morgan fingerprint density at radius 1 is 1.10 bits per heavy atom. The molecule has 0 heterocycles. The molecule has 0 aliphatic heterocycles. The summed E-state index contributed by atoms with van der Waals surface area (Å²) < 4.78 is 44.6. The maximum Gasteiger partial charge on any atom is 0.152 e. The van der Waals surface area contributed by atoms with E-state index in [2.05, 4.69) is 5.32 Å². The molecule has 2 aromatic rings. The first-order valence-corrected chi connectivity index (χ1v) is 6.10. The molecule has 0 bridgehead atoms. The number of nitrogens with one attached hydrogen (secondary N) is 1. The van der Waals surface area contributed by atoms with Crippen LogP contribution < -0.4 is 10.1 Å². The van der Waals surface area contributed by atoms with E-state index in [1.807, 2.05) is 0 Å². The van der Waals surface area contributed by atoms with Crippen molar-refractivity contribution in [2.24, 2.45) is 0 Å². The molecule has 0 radical (unpaired) electrons. The first-order valence-electron chi connectivity index (χ1n) is 5.72. The van der Waals surface area contributed by atoms with Gasteiger partial charge in [0.2, 0.25) is 0 Å². The number of methoxy groups -OCH3 is 1. The van der Waals surface area contributed by atoms with Crippen molar-refractivity contribution in [2.45, 2.75) is 6.54 Å². The first kappa shape index (κ1) is 14.5. The lowest BCUT2D eigenvalue weighted by Gasteiger charge is -2.10. The lowest BCUT2D eigenvalue weighted by molar-refractivity contribution is 0.415. The van der Waals surface area contributed by atoms with Gasteiger partial charge in [0.1, 0.15) is 17.3 Å². The van der Waals surface area contributed by atoms with Crippen molar-refractivity contribution in [2.75, 3.05) is 12.4 Å². The Morgan fingerprint density at radius 3 is 2.30 bits per heavy atom. The highest BCUT2D eigenvalue weighted by Crippen LogP contribution is 2.26. The maximum atomic E-state index is 13.4. The van der Waals surface area contributed by atoms with E-state index in [0.717, 1.165) is 0 Å². The summed E-state index contributed by atoms with van der Waals surface area (Å²) in [6.07, 6.45) is 0. The third kappa shape index (κ3) is 3.17. The fourth-order valence-electron chi connectivity index (χ4n) is 1.72. The lowest BCUT2D eigenvalue weighted by Crippen LogP contribution is -2.04. The minimum absolute atomic E-state index is 0.142. The molecular formula is C14H11ClF3NO. The summed E-state index contributed by atoms with van der Waals surface area (Å²) in [6.45, 7) is 0.142. The average Bonchev–Trinajstić information content (AvgIpc) is 2.37. The Balaban J connectivity index is 2.15. The second-order valence-corrected chi connectivity index (χ2v) is 4.47. The molecule has 0 aromatic heterocycles. The van der Waals surface area contributed by atoms with Crippen LogP contribution in [0.5, 0.6) is 5.75 Å². The van der Waals surface area contributed by atoms with Crippen LogP contribution in [0, 0.1) is 17.5 Å². The largest absolute Gasteiger partial charge is 0.495 e. The van der Waals surface area contributed by atoms with Crippen molar-refractivity contribution in [3.63, 3.8) is 0 Å². The fraction of sp³-hybridized carbons (Fsp3) is 0.143. The molecular weight excluding hydrogens is 291 g/mol. The van der Waals surface area contributed by atoms with Crippen LogP contribution in [-0.2, 0) is 6.54 Å². The summed E-state index contributed by atoms with van der Waals surface area (Å²) in [7, 11) is 1.49. The average molecular weight is 302 g/mol. The number of hydrogen-bond acceptors (Lipinski definition) is 2. The molecule has 2 rings (SSSR count). The van der Waals surface area contributed by atoms with Crippen LogP contribution in [0.2, 0.25) is 5.02 Å². The minimum atomic E-state index is -0.984. The normalized spacial score (nSPS) is 10.4. The Hall–Kier alpha value is -1.88. The summed E-state index contributed by atoms with van der Waals surface area (Å²) >= 11 is 5.94. The highest BCUT2D eigenvalue weighted by molar-refractivity contribution is 6.32. The second-order valence-electron chi connectivity index (χ2n) is 4.07. The third-order valence-corrected chi connectivity index (χ3v) is 2.99. The van der Waals surface area contributed by atoms with Gasteiger partial charge in [-0.1, -0.05) is 17.7 Å². The SMILES string of the molecule is COc1ccc(CNc2c(F)cc(F)cc2F)cc1Cl. The summed E-state index contributed by atoms with van der Waals surface area (Å²) in [5, 5.41) is 2.97. The molecule has 0 atom stereocenters. The van der Waals surface area contributed by atoms with Gasteiger partial charge in [0.05, 0.1) is 12.1 Å². The molecule has 6 heteroatoms. The van der Waals surface area contributed by atoms with Crippen molar-refractivity contribution in [3.05, 3.63) is 58.4 Å². The molecule has 0 saturated carbocycles.